The molecule has 27 heavy (non-hydrogen) atoms. The molecule has 0 amide bonds. The van der Waals surface area contributed by atoms with Crippen LogP contribution in [0.1, 0.15) is 28.7 Å². The Balaban J connectivity index is 0.00000261. The summed E-state index contributed by atoms with van der Waals surface area (Å²) in [4.78, 5) is 23.6. The molecule has 0 aliphatic carbocycles. The predicted octanol–water partition coefficient (Wildman–Crippen LogP) is 3.03. The van der Waals surface area contributed by atoms with Gasteiger partial charge >= 0.3 is 5.97 Å². The third-order valence-corrected chi connectivity index (χ3v) is 4.53. The molecule has 0 saturated heterocycles. The van der Waals surface area contributed by atoms with E-state index in [0.717, 1.165) is 5.56 Å². The molecule has 5 N–H and O–H groups in total. The van der Waals surface area contributed by atoms with Crippen molar-refractivity contribution in [1.29, 1.82) is 0 Å². The lowest BCUT2D eigenvalue weighted by Gasteiger charge is -2.11. The van der Waals surface area contributed by atoms with E-state index in [-0.39, 0.29) is 36.3 Å². The number of rotatable bonds is 6. The van der Waals surface area contributed by atoms with Gasteiger partial charge in [-0.25, -0.2) is 14.8 Å². The molecule has 0 saturated carbocycles. The topological polar surface area (TPSA) is 137 Å². The third kappa shape index (κ3) is 4.63. The quantitative estimate of drug-likeness (QED) is 0.566. The Morgan fingerprint density at radius 1 is 1.26 bits per heavy atom. The minimum absolute atomic E-state index is 0. The first-order chi connectivity index (χ1) is 12.5. The smallest absolute Gasteiger partial charge is 0.335 e. The van der Waals surface area contributed by atoms with E-state index in [1.54, 1.807) is 18.2 Å². The van der Waals surface area contributed by atoms with Gasteiger partial charge in [0.2, 0.25) is 5.95 Å². The summed E-state index contributed by atoms with van der Waals surface area (Å²) in [6.45, 7) is 2.12. The number of nitrogens with zero attached hydrogens (tertiary/aromatic N) is 3. The normalized spacial score (nSPS) is 10.3. The standard InChI is InChI=1S/C17H17N5O3S.ClH/c1-2-12-13(14(18)22-17(19)21-12)25-7-11-8-26-15(20-11)9-4-3-5-10(6-9)16(23)24;/h3-6,8H,2,7H2,1H3,(H,23,24)(H4,18,19,21,22);1H. The number of halogens is 1. The lowest BCUT2D eigenvalue weighted by molar-refractivity contribution is 0.0697. The van der Waals surface area contributed by atoms with E-state index in [9.17, 15) is 4.79 Å². The van der Waals surface area contributed by atoms with E-state index < -0.39 is 5.97 Å². The number of aryl methyl sites for hydroxylation is 1. The van der Waals surface area contributed by atoms with Gasteiger partial charge in [0.25, 0.3) is 0 Å². The average Bonchev–Trinajstić information content (AvgIpc) is 3.09. The van der Waals surface area contributed by atoms with Gasteiger partial charge in [-0.05, 0) is 18.6 Å². The van der Waals surface area contributed by atoms with Gasteiger partial charge < -0.3 is 21.3 Å². The van der Waals surface area contributed by atoms with Gasteiger partial charge in [-0.3, -0.25) is 0 Å². The zero-order valence-corrected chi connectivity index (χ0v) is 16.0. The lowest BCUT2D eigenvalue weighted by atomic mass is 10.1. The average molecular weight is 408 g/mol. The van der Waals surface area contributed by atoms with Gasteiger partial charge in [0.05, 0.1) is 17.0 Å². The second-order valence-corrected chi connectivity index (χ2v) is 6.27. The maximum Gasteiger partial charge on any atom is 0.335 e. The van der Waals surface area contributed by atoms with E-state index in [1.165, 1.54) is 11.3 Å². The fourth-order valence-corrected chi connectivity index (χ4v) is 3.17. The van der Waals surface area contributed by atoms with Crippen LogP contribution in [-0.4, -0.2) is 26.0 Å². The molecule has 3 rings (SSSR count). The van der Waals surface area contributed by atoms with Crippen LogP contribution in [0.5, 0.6) is 5.75 Å². The van der Waals surface area contributed by atoms with E-state index in [0.29, 0.717) is 28.6 Å². The maximum atomic E-state index is 11.1. The van der Waals surface area contributed by atoms with Crippen LogP contribution in [0.15, 0.2) is 29.6 Å². The number of anilines is 2. The zero-order chi connectivity index (χ0) is 18.7. The predicted molar refractivity (Wildman–Crippen MR) is 106 cm³/mol. The number of ether oxygens (including phenoxy) is 1. The molecule has 0 fully saturated rings. The molecule has 0 radical (unpaired) electrons. The second-order valence-electron chi connectivity index (χ2n) is 5.42. The summed E-state index contributed by atoms with van der Waals surface area (Å²) in [5, 5.41) is 11.7. The Bertz CT molecular complexity index is 963. The number of thiazole rings is 1. The molecule has 0 bridgehead atoms. The van der Waals surface area contributed by atoms with Gasteiger partial charge in [0.15, 0.2) is 11.6 Å². The first kappa shape index (κ1) is 20.4. The highest BCUT2D eigenvalue weighted by Gasteiger charge is 2.13. The Morgan fingerprint density at radius 2 is 2.04 bits per heavy atom. The number of aromatic carboxylic acids is 1. The molecule has 2 heterocycles. The Morgan fingerprint density at radius 3 is 2.74 bits per heavy atom. The number of nitrogens with two attached hydrogens (primary N) is 2. The minimum atomic E-state index is -0.974. The summed E-state index contributed by atoms with van der Waals surface area (Å²) < 4.78 is 5.76. The van der Waals surface area contributed by atoms with E-state index in [2.05, 4.69) is 15.0 Å². The second kappa shape index (κ2) is 8.65. The molecule has 2 aromatic heterocycles. The molecule has 3 aromatic rings. The number of hydrogen-bond acceptors (Lipinski definition) is 8. The van der Waals surface area contributed by atoms with Crippen LogP contribution in [0.25, 0.3) is 10.6 Å². The summed E-state index contributed by atoms with van der Waals surface area (Å²) in [6, 6.07) is 6.64. The largest absolute Gasteiger partial charge is 0.481 e. The van der Waals surface area contributed by atoms with Crippen LogP contribution >= 0.6 is 23.7 Å². The van der Waals surface area contributed by atoms with Crippen LogP contribution in [-0.2, 0) is 13.0 Å². The molecule has 0 unspecified atom stereocenters. The number of aromatic nitrogens is 3. The van der Waals surface area contributed by atoms with Crippen molar-refractivity contribution in [3.63, 3.8) is 0 Å². The maximum absolute atomic E-state index is 11.1. The molecule has 1 aromatic carbocycles. The van der Waals surface area contributed by atoms with Crippen LogP contribution in [0.2, 0.25) is 0 Å². The van der Waals surface area contributed by atoms with Crippen LogP contribution < -0.4 is 16.2 Å². The fourth-order valence-electron chi connectivity index (χ4n) is 2.37. The van der Waals surface area contributed by atoms with Gasteiger partial charge in [-0.1, -0.05) is 19.1 Å². The van der Waals surface area contributed by atoms with Crippen molar-refractivity contribution in [2.45, 2.75) is 20.0 Å². The SMILES string of the molecule is CCc1nc(N)nc(N)c1OCc1csc(-c2cccc(C(=O)O)c2)n1.Cl. The molecular formula is C17H18ClN5O3S. The van der Waals surface area contributed by atoms with Crippen molar-refractivity contribution >= 4 is 41.5 Å². The van der Waals surface area contributed by atoms with Gasteiger partial charge in [0, 0.05) is 10.9 Å². The number of carboxylic acid groups (broad SMARTS) is 1. The summed E-state index contributed by atoms with van der Waals surface area (Å²) in [6.07, 6.45) is 0.608. The molecule has 0 spiro atoms. The third-order valence-electron chi connectivity index (χ3n) is 3.59. The molecule has 8 nitrogen and oxygen atoms in total. The fraction of sp³-hybridized carbons (Fsp3) is 0.176. The number of benzene rings is 1. The first-order valence-electron chi connectivity index (χ1n) is 7.80. The molecule has 10 heteroatoms. The summed E-state index contributed by atoms with van der Waals surface area (Å²) in [5.41, 5.74) is 13.8. The van der Waals surface area contributed by atoms with Crippen molar-refractivity contribution in [3.8, 4) is 16.3 Å². The van der Waals surface area contributed by atoms with Crippen molar-refractivity contribution in [3.05, 3.63) is 46.6 Å². The summed E-state index contributed by atoms with van der Waals surface area (Å²) in [7, 11) is 0. The van der Waals surface area contributed by atoms with E-state index in [4.69, 9.17) is 21.3 Å². The van der Waals surface area contributed by atoms with Crippen LogP contribution in [0, 0.1) is 0 Å². The van der Waals surface area contributed by atoms with E-state index in [1.807, 2.05) is 18.4 Å². The Hall–Kier alpha value is -2.91. The van der Waals surface area contributed by atoms with Gasteiger partial charge in [-0.15, -0.1) is 23.7 Å². The summed E-state index contributed by atoms with van der Waals surface area (Å²) in [5.74, 6) is -0.262. The minimum Gasteiger partial charge on any atom is -0.481 e. The molecule has 0 aliphatic rings. The molecule has 142 valence electrons. The van der Waals surface area contributed by atoms with Crippen molar-refractivity contribution in [2.75, 3.05) is 11.5 Å². The Kier molecular flexibility index (Phi) is 6.54. The molecule has 0 aliphatic heterocycles. The summed E-state index contributed by atoms with van der Waals surface area (Å²) >= 11 is 1.41. The zero-order valence-electron chi connectivity index (χ0n) is 14.4. The van der Waals surface area contributed by atoms with Crippen LogP contribution in [0.3, 0.4) is 0 Å². The Labute approximate surface area is 165 Å². The number of nitrogen functional groups attached to an aromatic ring is 2. The highest BCUT2D eigenvalue weighted by molar-refractivity contribution is 7.13. The number of carbonyl (C=O) groups is 1. The molecular weight excluding hydrogens is 390 g/mol. The van der Waals surface area contributed by atoms with Crippen molar-refractivity contribution < 1.29 is 14.6 Å². The lowest BCUT2D eigenvalue weighted by Crippen LogP contribution is -2.08. The van der Waals surface area contributed by atoms with Crippen molar-refractivity contribution in [2.24, 2.45) is 0 Å². The van der Waals surface area contributed by atoms with Gasteiger partial charge in [0.1, 0.15) is 11.6 Å². The first-order valence-corrected chi connectivity index (χ1v) is 8.68. The number of hydrogen-bond donors (Lipinski definition) is 3. The van der Waals surface area contributed by atoms with Gasteiger partial charge in [-0.2, -0.15) is 4.98 Å². The van der Waals surface area contributed by atoms with Crippen molar-refractivity contribution in [1.82, 2.24) is 15.0 Å². The highest BCUT2D eigenvalue weighted by Crippen LogP contribution is 2.28. The number of carboxylic acids is 1. The van der Waals surface area contributed by atoms with Crippen LogP contribution in [0.4, 0.5) is 11.8 Å². The van der Waals surface area contributed by atoms with E-state index >= 15 is 0 Å². The molecule has 0 atom stereocenters. The highest BCUT2D eigenvalue weighted by atomic mass is 35.5. The monoisotopic (exact) mass is 407 g/mol.